The number of rotatable bonds is 2. The van der Waals surface area contributed by atoms with E-state index >= 15 is 0 Å². The topological polar surface area (TPSA) is 54.1 Å². The van der Waals surface area contributed by atoms with E-state index in [1.54, 1.807) is 0 Å². The zero-order valence-corrected chi connectivity index (χ0v) is 14.4. The van der Waals surface area contributed by atoms with E-state index in [4.69, 9.17) is 0 Å². The Hall–Kier alpha value is -2.72. The number of benzene rings is 1. The lowest BCUT2D eigenvalue weighted by molar-refractivity contribution is 0.559. The highest BCUT2D eigenvalue weighted by molar-refractivity contribution is 5.67. The first kappa shape index (κ1) is 16.6. The van der Waals surface area contributed by atoms with Crippen LogP contribution in [-0.2, 0) is 0 Å². The molecule has 23 heavy (non-hydrogen) atoms. The van der Waals surface area contributed by atoms with Crippen molar-refractivity contribution in [2.24, 2.45) is 0 Å². The van der Waals surface area contributed by atoms with Crippen molar-refractivity contribution in [3.63, 3.8) is 0 Å². The van der Waals surface area contributed by atoms with Crippen molar-refractivity contribution in [3.05, 3.63) is 51.7 Å². The highest BCUT2D eigenvalue weighted by Crippen LogP contribution is 2.34. The average Bonchev–Trinajstić information content (AvgIpc) is 2.82. The van der Waals surface area contributed by atoms with Crippen LogP contribution in [0.15, 0.2) is 35.1 Å². The molecular formula is C19H22N4. The van der Waals surface area contributed by atoms with Crippen LogP contribution in [0.25, 0.3) is 0 Å². The summed E-state index contributed by atoms with van der Waals surface area (Å²) in [5.74, 6) is 0. The molecule has 0 N–H and O–H groups in total. The van der Waals surface area contributed by atoms with Gasteiger partial charge in [-0.25, -0.2) is 0 Å². The van der Waals surface area contributed by atoms with Gasteiger partial charge in [-0.1, -0.05) is 17.7 Å². The van der Waals surface area contributed by atoms with E-state index in [9.17, 15) is 10.5 Å². The van der Waals surface area contributed by atoms with Gasteiger partial charge in [-0.2, -0.15) is 10.5 Å². The van der Waals surface area contributed by atoms with Crippen LogP contribution in [0.3, 0.4) is 0 Å². The Labute approximate surface area is 138 Å². The van der Waals surface area contributed by atoms with Crippen molar-refractivity contribution in [2.75, 3.05) is 32.1 Å². The number of anilines is 1. The smallest absolute Gasteiger partial charge is 0.135 e. The molecule has 0 unspecified atom stereocenters. The van der Waals surface area contributed by atoms with Gasteiger partial charge in [0.25, 0.3) is 0 Å². The minimum atomic E-state index is 0.211. The zero-order chi connectivity index (χ0) is 17.1. The van der Waals surface area contributed by atoms with Crippen LogP contribution in [-0.4, -0.2) is 32.1 Å². The molecule has 0 bridgehead atoms. The van der Waals surface area contributed by atoms with Gasteiger partial charge in [0, 0.05) is 44.6 Å². The predicted molar refractivity (Wildman–Crippen MR) is 92.9 cm³/mol. The van der Waals surface area contributed by atoms with E-state index in [0.29, 0.717) is 13.1 Å². The van der Waals surface area contributed by atoms with Crippen molar-refractivity contribution < 1.29 is 0 Å². The Morgan fingerprint density at radius 3 is 2.13 bits per heavy atom. The highest BCUT2D eigenvalue weighted by Gasteiger charge is 2.27. The first-order valence-electron chi connectivity index (χ1n) is 7.61. The van der Waals surface area contributed by atoms with Gasteiger partial charge < -0.3 is 9.80 Å². The lowest BCUT2D eigenvalue weighted by Crippen LogP contribution is -2.21. The number of aryl methyl sites for hydroxylation is 3. The molecule has 1 aliphatic rings. The Bertz CT molecular complexity index is 731. The third-order valence-electron chi connectivity index (χ3n) is 3.99. The Balaban J connectivity index is 2.53. The molecule has 0 spiro atoms. The molecule has 0 saturated carbocycles. The van der Waals surface area contributed by atoms with Crippen LogP contribution in [0.2, 0.25) is 0 Å². The van der Waals surface area contributed by atoms with Gasteiger partial charge in [-0.15, -0.1) is 0 Å². The lowest BCUT2D eigenvalue weighted by atomic mass is 10.0. The van der Waals surface area contributed by atoms with Gasteiger partial charge in [0.2, 0.25) is 0 Å². The van der Waals surface area contributed by atoms with E-state index in [1.807, 2.05) is 37.3 Å². The largest absolute Gasteiger partial charge is 0.383 e. The van der Waals surface area contributed by atoms with E-state index < -0.39 is 0 Å². The molecule has 0 aliphatic carbocycles. The van der Waals surface area contributed by atoms with Gasteiger partial charge >= 0.3 is 0 Å². The third-order valence-corrected chi connectivity index (χ3v) is 3.99. The molecule has 1 fully saturated rings. The fourth-order valence-electron chi connectivity index (χ4n) is 3.31. The highest BCUT2D eigenvalue weighted by atomic mass is 15.2. The standard InChI is InChI=1S/C19H22N4/c1-13-6-14(2)19(15(3)7-13)23-11-17(10-22(4)5)18(12-23)16(8-20)9-21/h6-7,10H,11-12H2,1-5H3. The van der Waals surface area contributed by atoms with E-state index in [-0.39, 0.29) is 5.57 Å². The number of nitriles is 2. The summed E-state index contributed by atoms with van der Waals surface area (Å²) in [5, 5.41) is 18.5. The lowest BCUT2D eigenvalue weighted by Gasteiger charge is -2.23. The SMILES string of the molecule is Cc1cc(C)c(N2CC(=CN(C)C)C(=C(C#N)C#N)C2)c(C)c1. The third kappa shape index (κ3) is 3.38. The molecule has 1 aromatic rings. The summed E-state index contributed by atoms with van der Waals surface area (Å²) in [6.45, 7) is 7.63. The second-order valence-corrected chi connectivity index (χ2v) is 6.30. The summed E-state index contributed by atoms with van der Waals surface area (Å²) < 4.78 is 0. The van der Waals surface area contributed by atoms with Gasteiger partial charge in [-0.3, -0.25) is 0 Å². The monoisotopic (exact) mass is 306 g/mol. The molecule has 2 rings (SSSR count). The van der Waals surface area contributed by atoms with Crippen LogP contribution in [0.4, 0.5) is 5.69 Å². The zero-order valence-electron chi connectivity index (χ0n) is 14.4. The van der Waals surface area contributed by atoms with Crippen molar-refractivity contribution in [1.82, 2.24) is 4.90 Å². The van der Waals surface area contributed by atoms with Crippen LogP contribution in [0.1, 0.15) is 16.7 Å². The number of hydrogen-bond acceptors (Lipinski definition) is 4. The summed E-state index contributed by atoms with van der Waals surface area (Å²) >= 11 is 0. The maximum absolute atomic E-state index is 9.25. The molecule has 1 aliphatic heterocycles. The Morgan fingerprint density at radius 2 is 1.65 bits per heavy atom. The number of allylic oxidation sites excluding steroid dienone is 1. The summed E-state index contributed by atoms with van der Waals surface area (Å²) in [6, 6.07) is 8.43. The molecule has 0 aromatic heterocycles. The molecular weight excluding hydrogens is 284 g/mol. The van der Waals surface area contributed by atoms with Gasteiger partial charge in [0.05, 0.1) is 0 Å². The van der Waals surface area contributed by atoms with Crippen LogP contribution in [0.5, 0.6) is 0 Å². The summed E-state index contributed by atoms with van der Waals surface area (Å²) in [6.07, 6.45) is 2.00. The van der Waals surface area contributed by atoms with Crippen LogP contribution < -0.4 is 4.90 Å². The second-order valence-electron chi connectivity index (χ2n) is 6.30. The van der Waals surface area contributed by atoms with Crippen molar-refractivity contribution >= 4 is 5.69 Å². The van der Waals surface area contributed by atoms with E-state index in [1.165, 1.54) is 22.4 Å². The fourth-order valence-corrected chi connectivity index (χ4v) is 3.31. The maximum Gasteiger partial charge on any atom is 0.135 e. The van der Waals surface area contributed by atoms with Crippen LogP contribution >= 0.6 is 0 Å². The summed E-state index contributed by atoms with van der Waals surface area (Å²) in [4.78, 5) is 4.21. The van der Waals surface area contributed by atoms with Gasteiger partial charge in [-0.05, 0) is 37.5 Å². The van der Waals surface area contributed by atoms with E-state index in [0.717, 1.165) is 11.1 Å². The summed E-state index contributed by atoms with van der Waals surface area (Å²) in [7, 11) is 3.90. The molecule has 1 heterocycles. The molecule has 118 valence electrons. The minimum absolute atomic E-state index is 0.211. The van der Waals surface area contributed by atoms with Gasteiger partial charge in [0.15, 0.2) is 0 Å². The number of hydrogen-bond donors (Lipinski definition) is 0. The van der Waals surface area contributed by atoms with E-state index in [2.05, 4.69) is 37.8 Å². The van der Waals surface area contributed by atoms with Gasteiger partial charge in [0.1, 0.15) is 17.7 Å². The predicted octanol–water partition coefficient (Wildman–Crippen LogP) is 3.22. The molecule has 1 aromatic carbocycles. The Kier molecular flexibility index (Phi) is 4.77. The molecule has 1 saturated heterocycles. The van der Waals surface area contributed by atoms with Crippen molar-refractivity contribution in [1.29, 1.82) is 10.5 Å². The first-order chi connectivity index (χ1) is 10.9. The minimum Gasteiger partial charge on any atom is -0.383 e. The Morgan fingerprint density at radius 1 is 1.09 bits per heavy atom. The fraction of sp³-hybridized carbons (Fsp3) is 0.368. The normalized spacial score (nSPS) is 15.5. The maximum atomic E-state index is 9.25. The summed E-state index contributed by atoms with van der Waals surface area (Å²) in [5.41, 5.74) is 6.98. The molecule has 0 radical (unpaired) electrons. The first-order valence-corrected chi connectivity index (χ1v) is 7.61. The molecule has 4 nitrogen and oxygen atoms in total. The quantitative estimate of drug-likeness (QED) is 0.787. The van der Waals surface area contributed by atoms with Crippen LogP contribution in [0, 0.1) is 43.4 Å². The molecule has 0 atom stereocenters. The van der Waals surface area contributed by atoms with Crippen molar-refractivity contribution in [2.45, 2.75) is 20.8 Å². The number of nitrogens with zero attached hydrogens (tertiary/aromatic N) is 4. The molecule has 0 amide bonds. The van der Waals surface area contributed by atoms with Crippen molar-refractivity contribution in [3.8, 4) is 12.1 Å². The molecule has 4 heteroatoms. The second kappa shape index (κ2) is 6.58. The average molecular weight is 306 g/mol.